The summed E-state index contributed by atoms with van der Waals surface area (Å²) in [5.74, 6) is 0. The third kappa shape index (κ3) is 2.38. The lowest BCUT2D eigenvalue weighted by molar-refractivity contribution is 0.602. The van der Waals surface area contributed by atoms with Crippen LogP contribution in [0.3, 0.4) is 0 Å². The van der Waals surface area contributed by atoms with E-state index < -0.39 is 10.0 Å². The zero-order chi connectivity index (χ0) is 14.3. The Kier molecular flexibility index (Phi) is 3.18. The molecule has 1 heterocycles. The van der Waals surface area contributed by atoms with E-state index >= 15 is 0 Å². The normalized spacial score (nSPS) is 14.2. The number of hydrogen-bond donors (Lipinski definition) is 2. The van der Waals surface area contributed by atoms with Crippen molar-refractivity contribution in [3.05, 3.63) is 44.7 Å². The molecule has 1 aromatic heterocycles. The van der Waals surface area contributed by atoms with Gasteiger partial charge in [0.2, 0.25) is 0 Å². The maximum Gasteiger partial charge on any atom is 0.306 e. The number of aryl methyl sites for hydroxylation is 3. The molecular formula is C13H14N2O3S2. The molecule has 0 aliphatic heterocycles. The van der Waals surface area contributed by atoms with Crippen LogP contribution >= 0.6 is 11.3 Å². The van der Waals surface area contributed by atoms with E-state index in [1.165, 1.54) is 11.1 Å². The van der Waals surface area contributed by atoms with E-state index in [1.54, 1.807) is 13.0 Å². The molecule has 20 heavy (non-hydrogen) atoms. The van der Waals surface area contributed by atoms with Crippen molar-refractivity contribution in [3.63, 3.8) is 0 Å². The number of anilines is 1. The van der Waals surface area contributed by atoms with E-state index in [2.05, 4.69) is 9.71 Å². The number of sulfonamides is 1. The molecular weight excluding hydrogens is 296 g/mol. The fraction of sp³-hybridized carbons (Fsp3) is 0.308. The third-order valence-electron chi connectivity index (χ3n) is 3.38. The molecule has 7 heteroatoms. The molecule has 0 saturated heterocycles. The third-order valence-corrected chi connectivity index (χ3v) is 6.36. The van der Waals surface area contributed by atoms with E-state index in [-0.39, 0.29) is 9.08 Å². The highest BCUT2D eigenvalue weighted by Crippen LogP contribution is 2.27. The predicted molar refractivity (Wildman–Crippen MR) is 79.0 cm³/mol. The first-order valence-corrected chi connectivity index (χ1v) is 8.60. The van der Waals surface area contributed by atoms with Gasteiger partial charge in [0.05, 0.1) is 0 Å². The minimum atomic E-state index is -3.70. The van der Waals surface area contributed by atoms with Crippen molar-refractivity contribution >= 4 is 27.0 Å². The molecule has 0 radical (unpaired) electrons. The fourth-order valence-corrected chi connectivity index (χ4v) is 4.84. The zero-order valence-corrected chi connectivity index (χ0v) is 12.5. The van der Waals surface area contributed by atoms with Gasteiger partial charge >= 0.3 is 4.87 Å². The summed E-state index contributed by atoms with van der Waals surface area (Å²) in [6.45, 7) is 1.58. The van der Waals surface area contributed by atoms with E-state index in [0.717, 1.165) is 19.3 Å². The Hall–Kier alpha value is -1.60. The molecule has 0 unspecified atom stereocenters. The maximum atomic E-state index is 12.3. The van der Waals surface area contributed by atoms with E-state index in [0.29, 0.717) is 22.7 Å². The zero-order valence-electron chi connectivity index (χ0n) is 10.9. The van der Waals surface area contributed by atoms with Crippen LogP contribution in [-0.2, 0) is 22.9 Å². The number of hydrogen-bond acceptors (Lipinski definition) is 4. The summed E-state index contributed by atoms with van der Waals surface area (Å²) in [7, 11) is -3.70. The number of fused-ring (bicyclic) bond motifs is 1. The number of benzene rings is 1. The molecule has 0 saturated carbocycles. The van der Waals surface area contributed by atoms with Crippen molar-refractivity contribution in [2.24, 2.45) is 0 Å². The molecule has 1 aliphatic rings. The van der Waals surface area contributed by atoms with Crippen LogP contribution in [0.15, 0.2) is 27.2 Å². The Morgan fingerprint density at radius 1 is 1.25 bits per heavy atom. The standard InChI is InChI=1S/C13H14N2O3S2/c1-8-12(19-13(16)14-8)20(17,18)15-11-6-5-9-3-2-4-10(9)7-11/h5-7,15H,2-4H2,1H3,(H,14,16). The van der Waals surface area contributed by atoms with Crippen molar-refractivity contribution in [2.75, 3.05) is 4.72 Å². The van der Waals surface area contributed by atoms with Gasteiger partial charge in [-0.1, -0.05) is 17.4 Å². The van der Waals surface area contributed by atoms with Gasteiger partial charge in [0, 0.05) is 11.4 Å². The molecule has 0 fully saturated rings. The largest absolute Gasteiger partial charge is 0.315 e. The average molecular weight is 310 g/mol. The van der Waals surface area contributed by atoms with E-state index in [4.69, 9.17) is 0 Å². The summed E-state index contributed by atoms with van der Waals surface area (Å²) in [5.41, 5.74) is 3.40. The average Bonchev–Trinajstić information content (AvgIpc) is 2.94. The summed E-state index contributed by atoms with van der Waals surface area (Å²) in [5, 5.41) is 0. The van der Waals surface area contributed by atoms with Crippen LogP contribution in [0.25, 0.3) is 0 Å². The van der Waals surface area contributed by atoms with Gasteiger partial charge < -0.3 is 4.98 Å². The number of rotatable bonds is 3. The van der Waals surface area contributed by atoms with Crippen molar-refractivity contribution in [2.45, 2.75) is 30.4 Å². The maximum absolute atomic E-state index is 12.3. The summed E-state index contributed by atoms with van der Waals surface area (Å²) >= 11 is 0.704. The minimum Gasteiger partial charge on any atom is -0.315 e. The molecule has 106 valence electrons. The Labute approximate surface area is 120 Å². The van der Waals surface area contributed by atoms with Gasteiger partial charge in [-0.25, -0.2) is 8.42 Å². The lowest BCUT2D eigenvalue weighted by Crippen LogP contribution is -2.12. The first-order valence-electron chi connectivity index (χ1n) is 6.30. The molecule has 1 aromatic carbocycles. The van der Waals surface area contributed by atoms with Crippen molar-refractivity contribution in [1.82, 2.24) is 4.98 Å². The first kappa shape index (κ1) is 13.4. The van der Waals surface area contributed by atoms with Crippen LogP contribution in [0.5, 0.6) is 0 Å². The quantitative estimate of drug-likeness (QED) is 0.910. The monoisotopic (exact) mass is 310 g/mol. The molecule has 1 aliphatic carbocycles. The number of thiazole rings is 1. The summed E-state index contributed by atoms with van der Waals surface area (Å²) in [6.07, 6.45) is 3.16. The molecule has 5 nitrogen and oxygen atoms in total. The van der Waals surface area contributed by atoms with E-state index in [9.17, 15) is 13.2 Å². The van der Waals surface area contributed by atoms with Gasteiger partial charge in [-0.05, 0) is 49.4 Å². The molecule has 0 amide bonds. The Bertz CT molecular complexity index is 818. The summed E-state index contributed by atoms with van der Waals surface area (Å²) < 4.78 is 27.1. The van der Waals surface area contributed by atoms with Crippen LogP contribution in [0.2, 0.25) is 0 Å². The Balaban J connectivity index is 1.94. The van der Waals surface area contributed by atoms with Crippen LogP contribution in [0, 0.1) is 6.92 Å². The van der Waals surface area contributed by atoms with E-state index in [1.807, 2.05) is 12.1 Å². The Morgan fingerprint density at radius 2 is 2.00 bits per heavy atom. The molecule has 3 rings (SSSR count). The first-order chi connectivity index (χ1) is 9.45. The summed E-state index contributed by atoms with van der Waals surface area (Å²) in [6, 6.07) is 5.61. The number of H-pyrrole nitrogens is 1. The number of aromatic amines is 1. The number of nitrogens with one attached hydrogen (secondary N) is 2. The van der Waals surface area contributed by atoms with Gasteiger partial charge in [-0.2, -0.15) is 0 Å². The summed E-state index contributed by atoms with van der Waals surface area (Å²) in [4.78, 5) is 13.4. The van der Waals surface area contributed by atoms with Crippen molar-refractivity contribution in [1.29, 1.82) is 0 Å². The molecule has 0 atom stereocenters. The lowest BCUT2D eigenvalue weighted by Gasteiger charge is -2.08. The second-order valence-corrected chi connectivity index (χ2v) is 7.73. The second-order valence-electron chi connectivity index (χ2n) is 4.87. The molecule has 2 aromatic rings. The van der Waals surface area contributed by atoms with Gasteiger partial charge in [0.25, 0.3) is 10.0 Å². The molecule has 0 spiro atoms. The molecule has 2 N–H and O–H groups in total. The highest BCUT2D eigenvalue weighted by molar-refractivity contribution is 7.94. The van der Waals surface area contributed by atoms with Crippen molar-refractivity contribution in [3.8, 4) is 0 Å². The van der Waals surface area contributed by atoms with Gasteiger partial charge in [0.15, 0.2) is 4.21 Å². The van der Waals surface area contributed by atoms with Crippen LogP contribution < -0.4 is 9.60 Å². The van der Waals surface area contributed by atoms with Gasteiger partial charge in [-0.15, -0.1) is 0 Å². The number of aromatic nitrogens is 1. The molecule has 0 bridgehead atoms. The predicted octanol–water partition coefficient (Wildman–Crippen LogP) is 2.03. The van der Waals surface area contributed by atoms with Gasteiger partial charge in [0.1, 0.15) is 0 Å². The lowest BCUT2D eigenvalue weighted by atomic mass is 10.1. The smallest absolute Gasteiger partial charge is 0.306 e. The van der Waals surface area contributed by atoms with Gasteiger partial charge in [-0.3, -0.25) is 9.52 Å². The second kappa shape index (κ2) is 4.75. The fourth-order valence-electron chi connectivity index (χ4n) is 2.48. The Morgan fingerprint density at radius 3 is 2.70 bits per heavy atom. The highest BCUT2D eigenvalue weighted by Gasteiger charge is 2.21. The van der Waals surface area contributed by atoms with Crippen LogP contribution in [-0.4, -0.2) is 13.4 Å². The van der Waals surface area contributed by atoms with Crippen molar-refractivity contribution < 1.29 is 8.42 Å². The highest BCUT2D eigenvalue weighted by atomic mass is 32.2. The minimum absolute atomic E-state index is 0.0444. The van der Waals surface area contributed by atoms with Crippen LogP contribution in [0.4, 0.5) is 5.69 Å². The van der Waals surface area contributed by atoms with Crippen LogP contribution in [0.1, 0.15) is 23.2 Å². The SMILES string of the molecule is Cc1[nH]c(=O)sc1S(=O)(=O)Nc1ccc2c(c1)CCC2. The topological polar surface area (TPSA) is 79.0 Å².